The zero-order chi connectivity index (χ0) is 29.0. The molecule has 0 aliphatic heterocycles. The van der Waals surface area contributed by atoms with Gasteiger partial charge in [0.25, 0.3) is 0 Å². The summed E-state index contributed by atoms with van der Waals surface area (Å²) in [6, 6.07) is 54.2. The van der Waals surface area contributed by atoms with Crippen molar-refractivity contribution in [2.75, 3.05) is 0 Å². The van der Waals surface area contributed by atoms with Gasteiger partial charge in [-0.05, 0) is 0 Å². The molecule has 0 amide bonds. The molecular formula is C39H26N3Se. The molecule has 0 N–H and O–H groups in total. The molecule has 0 spiro atoms. The Labute approximate surface area is 259 Å². The molecule has 0 fully saturated rings. The minimum atomic E-state index is 0.629. The van der Waals surface area contributed by atoms with Gasteiger partial charge in [-0.3, -0.25) is 0 Å². The summed E-state index contributed by atoms with van der Waals surface area (Å²) in [6.07, 6.45) is 0. The molecule has 6 aromatic carbocycles. The van der Waals surface area contributed by atoms with E-state index in [9.17, 15) is 0 Å². The van der Waals surface area contributed by atoms with Gasteiger partial charge in [0.05, 0.1) is 0 Å². The second-order valence-electron chi connectivity index (χ2n) is 10.2. The van der Waals surface area contributed by atoms with Crippen LogP contribution in [-0.2, 0) is 0 Å². The molecule has 7 rings (SSSR count). The first-order valence-electron chi connectivity index (χ1n) is 14.2. The van der Waals surface area contributed by atoms with Crippen LogP contribution in [0.25, 0.3) is 67.5 Å². The van der Waals surface area contributed by atoms with E-state index in [4.69, 9.17) is 15.0 Å². The zero-order valence-corrected chi connectivity index (χ0v) is 25.0. The summed E-state index contributed by atoms with van der Waals surface area (Å²) in [5.41, 5.74) is 9.65. The monoisotopic (exact) mass is 616 g/mol. The summed E-state index contributed by atoms with van der Waals surface area (Å²) in [5.74, 6) is 1.90. The van der Waals surface area contributed by atoms with Crippen molar-refractivity contribution in [1.82, 2.24) is 15.0 Å². The van der Waals surface area contributed by atoms with Gasteiger partial charge in [-0.25, -0.2) is 0 Å². The molecule has 3 nitrogen and oxygen atoms in total. The normalized spacial score (nSPS) is 10.9. The Balaban J connectivity index is 1.37. The van der Waals surface area contributed by atoms with E-state index in [1.54, 1.807) is 0 Å². The topological polar surface area (TPSA) is 38.7 Å². The van der Waals surface area contributed by atoms with Gasteiger partial charge in [0.1, 0.15) is 0 Å². The van der Waals surface area contributed by atoms with Crippen LogP contribution in [0.5, 0.6) is 0 Å². The third kappa shape index (κ3) is 5.67. The van der Waals surface area contributed by atoms with Gasteiger partial charge in [-0.15, -0.1) is 0 Å². The van der Waals surface area contributed by atoms with Crippen LogP contribution in [-0.4, -0.2) is 31.0 Å². The van der Waals surface area contributed by atoms with Crippen LogP contribution in [0.15, 0.2) is 158 Å². The fourth-order valence-electron chi connectivity index (χ4n) is 5.22. The number of benzene rings is 6. The number of hydrogen-bond acceptors (Lipinski definition) is 3. The van der Waals surface area contributed by atoms with E-state index in [1.807, 2.05) is 18.2 Å². The maximum absolute atomic E-state index is 5.05. The van der Waals surface area contributed by atoms with Gasteiger partial charge in [-0.2, -0.15) is 0 Å². The first kappa shape index (κ1) is 26.7. The molecule has 0 unspecified atom stereocenters. The molecule has 0 aliphatic rings. The van der Waals surface area contributed by atoms with Gasteiger partial charge in [0.2, 0.25) is 0 Å². The van der Waals surface area contributed by atoms with Crippen molar-refractivity contribution < 1.29 is 0 Å². The molecule has 0 atom stereocenters. The van der Waals surface area contributed by atoms with E-state index in [1.165, 1.54) is 5.56 Å². The predicted molar refractivity (Wildman–Crippen MR) is 178 cm³/mol. The van der Waals surface area contributed by atoms with Gasteiger partial charge in [0.15, 0.2) is 0 Å². The van der Waals surface area contributed by atoms with E-state index in [-0.39, 0.29) is 0 Å². The van der Waals surface area contributed by atoms with E-state index < -0.39 is 0 Å². The number of hydrogen-bond donors (Lipinski definition) is 0. The second-order valence-corrected chi connectivity index (χ2v) is 11.1. The van der Waals surface area contributed by atoms with E-state index in [0.717, 1.165) is 49.0 Å². The van der Waals surface area contributed by atoms with Crippen LogP contribution in [0.4, 0.5) is 0 Å². The zero-order valence-electron chi connectivity index (χ0n) is 23.3. The van der Waals surface area contributed by atoms with Crippen molar-refractivity contribution in [2.24, 2.45) is 0 Å². The number of nitrogens with zero attached hydrogens (tertiary/aromatic N) is 3. The average molecular weight is 616 g/mol. The summed E-state index contributed by atoms with van der Waals surface area (Å²) < 4.78 is 1.01. The summed E-state index contributed by atoms with van der Waals surface area (Å²) in [7, 11) is 0. The first-order valence-corrected chi connectivity index (χ1v) is 15.0. The predicted octanol–water partition coefficient (Wildman–Crippen LogP) is 8.67. The molecule has 1 radical (unpaired) electrons. The fraction of sp³-hybridized carbons (Fsp3) is 0. The Morgan fingerprint density at radius 3 is 1.37 bits per heavy atom. The van der Waals surface area contributed by atoms with Crippen molar-refractivity contribution in [1.29, 1.82) is 0 Å². The van der Waals surface area contributed by atoms with Crippen LogP contribution in [0.2, 0.25) is 0 Å². The second kappa shape index (κ2) is 12.0. The Hall–Kier alpha value is -5.15. The van der Waals surface area contributed by atoms with Gasteiger partial charge in [-0.1, -0.05) is 6.07 Å². The molecule has 0 saturated carbocycles. The average Bonchev–Trinajstić information content (AvgIpc) is 3.09. The number of rotatable bonds is 6. The molecule has 203 valence electrons. The molecule has 0 aliphatic carbocycles. The fourth-order valence-corrected chi connectivity index (χ4v) is 5.95. The van der Waals surface area contributed by atoms with E-state index in [0.29, 0.717) is 17.5 Å². The Morgan fingerprint density at radius 2 is 0.721 bits per heavy atom. The van der Waals surface area contributed by atoms with Crippen LogP contribution in [0.3, 0.4) is 0 Å². The summed E-state index contributed by atoms with van der Waals surface area (Å²) >= 11 is 3.31. The molecule has 7 aromatic rings. The van der Waals surface area contributed by atoms with Crippen LogP contribution in [0, 0.1) is 0 Å². The van der Waals surface area contributed by atoms with Crippen molar-refractivity contribution in [3.8, 4) is 67.5 Å². The molecule has 1 aromatic heterocycles. The van der Waals surface area contributed by atoms with Gasteiger partial charge < -0.3 is 0 Å². The molecule has 1 heterocycles. The van der Waals surface area contributed by atoms with Crippen molar-refractivity contribution in [2.45, 2.75) is 0 Å². The molecule has 0 bridgehead atoms. The maximum atomic E-state index is 5.05. The van der Waals surface area contributed by atoms with Crippen LogP contribution in [0.1, 0.15) is 0 Å². The first-order chi connectivity index (χ1) is 21.2. The number of aromatic nitrogens is 3. The molecule has 43 heavy (non-hydrogen) atoms. The van der Waals surface area contributed by atoms with Crippen LogP contribution < -0.4 is 4.46 Å². The van der Waals surface area contributed by atoms with Gasteiger partial charge >= 0.3 is 255 Å². The quantitative estimate of drug-likeness (QED) is 0.176. The summed E-state index contributed by atoms with van der Waals surface area (Å²) in [5, 5.41) is 0. The van der Waals surface area contributed by atoms with Gasteiger partial charge in [0, 0.05) is 0 Å². The summed E-state index contributed by atoms with van der Waals surface area (Å²) in [6.45, 7) is 0. The van der Waals surface area contributed by atoms with Crippen LogP contribution >= 0.6 is 0 Å². The minimum absolute atomic E-state index is 0.629. The Morgan fingerprint density at radius 1 is 0.302 bits per heavy atom. The standard InChI is InChI=1S/C39H26N3Se/c43-36-34(30-16-8-3-9-17-30)20-11-21-35(36)39-41-37(31-24-22-29(23-25-31)27-12-4-1-5-13-27)40-38(42-39)33-19-10-18-32(26-33)28-14-6-2-7-15-28/h1-26H. The van der Waals surface area contributed by atoms with Crippen molar-refractivity contribution in [3.63, 3.8) is 0 Å². The Bertz CT molecular complexity index is 2010. The van der Waals surface area contributed by atoms with Crippen molar-refractivity contribution in [3.05, 3.63) is 158 Å². The third-order valence-corrected chi connectivity index (χ3v) is 8.38. The SMILES string of the molecule is [Se]c1c(-c2ccccc2)cccc1-c1nc(-c2ccc(-c3ccccc3)cc2)nc(-c2cccc(-c3ccccc3)c2)n1. The Kier molecular flexibility index (Phi) is 7.45. The molecule has 0 saturated heterocycles. The molecule has 4 heteroatoms. The summed E-state index contributed by atoms with van der Waals surface area (Å²) in [4.78, 5) is 15.1. The van der Waals surface area contributed by atoms with Crippen molar-refractivity contribution >= 4 is 20.5 Å². The van der Waals surface area contributed by atoms with E-state index >= 15 is 0 Å². The third-order valence-electron chi connectivity index (χ3n) is 7.45. The van der Waals surface area contributed by atoms with E-state index in [2.05, 4.69) is 156 Å². The molecular weight excluding hydrogens is 589 g/mol.